The summed E-state index contributed by atoms with van der Waals surface area (Å²) in [6.45, 7) is 0. The van der Waals surface area contributed by atoms with E-state index < -0.39 is 0 Å². The Bertz CT molecular complexity index is 852. The number of fused-ring (bicyclic) bond motifs is 1. The van der Waals surface area contributed by atoms with Gasteiger partial charge in [-0.2, -0.15) is 0 Å². The van der Waals surface area contributed by atoms with Crippen LogP contribution in [0.4, 0.5) is 5.82 Å². The molecule has 2 aromatic heterocycles. The molecule has 0 radical (unpaired) electrons. The summed E-state index contributed by atoms with van der Waals surface area (Å²) in [5.41, 5.74) is 4.98. The van der Waals surface area contributed by atoms with Gasteiger partial charge in [-0.25, -0.2) is 15.0 Å². The Hall–Kier alpha value is -2.67. The lowest BCUT2D eigenvalue weighted by Gasteiger charge is -2.25. The number of amides is 1. The number of hydrazine groups is 1. The molecular weight excluding hydrogens is 310 g/mol. The summed E-state index contributed by atoms with van der Waals surface area (Å²) >= 11 is 1.57. The van der Waals surface area contributed by atoms with Crippen molar-refractivity contribution in [1.82, 2.24) is 20.0 Å². The number of rotatable bonds is 3. The number of aromatic nitrogens is 3. The highest BCUT2D eigenvalue weighted by atomic mass is 32.2. The summed E-state index contributed by atoms with van der Waals surface area (Å²) in [5.74, 6) is 1.07. The predicted molar refractivity (Wildman–Crippen MR) is 89.4 cm³/mol. The third-order valence-corrected chi connectivity index (χ3v) is 4.82. The minimum Gasteiger partial charge on any atom is -0.277 e. The molecule has 7 heteroatoms. The highest BCUT2D eigenvalue weighted by Crippen LogP contribution is 2.38. The Morgan fingerprint density at radius 1 is 1.17 bits per heavy atom. The molecule has 0 bridgehead atoms. The number of para-hydroxylation sites is 1. The van der Waals surface area contributed by atoms with E-state index in [0.717, 1.165) is 16.5 Å². The van der Waals surface area contributed by atoms with Crippen molar-refractivity contribution in [3.8, 4) is 0 Å². The molecule has 3 aromatic rings. The Morgan fingerprint density at radius 3 is 2.96 bits per heavy atom. The van der Waals surface area contributed by atoms with Gasteiger partial charge in [-0.1, -0.05) is 18.2 Å². The van der Waals surface area contributed by atoms with Crippen molar-refractivity contribution >= 4 is 34.4 Å². The van der Waals surface area contributed by atoms with Crippen LogP contribution in [-0.4, -0.2) is 31.6 Å². The van der Waals surface area contributed by atoms with Gasteiger partial charge in [-0.3, -0.25) is 15.2 Å². The fraction of sp³-hybridized carbons (Fsp3) is 0.125. The topological polar surface area (TPSA) is 71.0 Å². The summed E-state index contributed by atoms with van der Waals surface area (Å²) < 4.78 is 0. The smallest absolute Gasteiger partial charge is 0.252 e. The lowest BCUT2D eigenvalue weighted by atomic mass is 10.2. The summed E-state index contributed by atoms with van der Waals surface area (Å²) in [4.78, 5) is 25.0. The fourth-order valence-corrected chi connectivity index (χ4v) is 3.61. The van der Waals surface area contributed by atoms with Crippen LogP contribution in [0.2, 0.25) is 0 Å². The standard InChI is InChI=1S/C16H13N5OS/c22-14-9-23-16(11-4-3-7-17-8-11)21(14)20-15-12-5-1-2-6-13(12)18-10-19-15/h1-8,10,16H,9H2,(H,18,19,20). The van der Waals surface area contributed by atoms with Crippen LogP contribution in [0, 0.1) is 0 Å². The maximum atomic E-state index is 12.3. The van der Waals surface area contributed by atoms with Crippen molar-refractivity contribution in [2.45, 2.75) is 5.37 Å². The molecule has 1 unspecified atom stereocenters. The highest BCUT2D eigenvalue weighted by Gasteiger charge is 2.33. The Balaban J connectivity index is 1.69. The zero-order chi connectivity index (χ0) is 15.6. The van der Waals surface area contributed by atoms with Crippen molar-refractivity contribution in [2.75, 3.05) is 11.2 Å². The van der Waals surface area contributed by atoms with Gasteiger partial charge in [-0.15, -0.1) is 11.8 Å². The zero-order valence-corrected chi connectivity index (χ0v) is 12.9. The van der Waals surface area contributed by atoms with E-state index in [-0.39, 0.29) is 11.3 Å². The fourth-order valence-electron chi connectivity index (χ4n) is 2.52. The number of carbonyl (C=O) groups is 1. The van der Waals surface area contributed by atoms with Crippen LogP contribution in [0.25, 0.3) is 10.9 Å². The van der Waals surface area contributed by atoms with Crippen molar-refractivity contribution in [3.63, 3.8) is 0 Å². The monoisotopic (exact) mass is 323 g/mol. The number of hydrogen-bond acceptors (Lipinski definition) is 6. The zero-order valence-electron chi connectivity index (χ0n) is 12.1. The number of anilines is 1. The van der Waals surface area contributed by atoms with Crippen LogP contribution in [-0.2, 0) is 4.79 Å². The van der Waals surface area contributed by atoms with Gasteiger partial charge >= 0.3 is 0 Å². The highest BCUT2D eigenvalue weighted by molar-refractivity contribution is 8.00. The molecule has 1 aliphatic heterocycles. The molecule has 0 spiro atoms. The molecule has 1 saturated heterocycles. The molecule has 3 heterocycles. The third kappa shape index (κ3) is 2.59. The Labute approximate surface area is 136 Å². The molecule has 6 nitrogen and oxygen atoms in total. The average molecular weight is 323 g/mol. The molecule has 114 valence electrons. The third-order valence-electron chi connectivity index (χ3n) is 3.61. The SMILES string of the molecule is O=C1CSC(c2cccnc2)N1Nc1ncnc2ccccc12. The van der Waals surface area contributed by atoms with E-state index in [1.165, 1.54) is 6.33 Å². The number of nitrogens with zero attached hydrogens (tertiary/aromatic N) is 4. The van der Waals surface area contributed by atoms with Crippen molar-refractivity contribution in [2.24, 2.45) is 0 Å². The molecule has 23 heavy (non-hydrogen) atoms. The second-order valence-electron chi connectivity index (χ2n) is 5.06. The van der Waals surface area contributed by atoms with Crippen LogP contribution in [0.1, 0.15) is 10.9 Å². The van der Waals surface area contributed by atoms with Gasteiger partial charge in [0.1, 0.15) is 11.7 Å². The van der Waals surface area contributed by atoms with Crippen molar-refractivity contribution in [3.05, 3.63) is 60.7 Å². The van der Waals surface area contributed by atoms with E-state index in [0.29, 0.717) is 11.6 Å². The van der Waals surface area contributed by atoms with E-state index in [1.807, 2.05) is 36.4 Å². The van der Waals surface area contributed by atoms with Crippen LogP contribution < -0.4 is 5.43 Å². The molecule has 1 amide bonds. The first-order chi connectivity index (χ1) is 11.3. The minimum atomic E-state index is -0.120. The van der Waals surface area contributed by atoms with E-state index in [1.54, 1.807) is 29.2 Å². The number of pyridine rings is 1. The average Bonchev–Trinajstić information content (AvgIpc) is 2.97. The predicted octanol–water partition coefficient (Wildman–Crippen LogP) is 2.63. The summed E-state index contributed by atoms with van der Waals surface area (Å²) in [6.07, 6.45) is 5.00. The molecule has 0 saturated carbocycles. The van der Waals surface area contributed by atoms with Gasteiger partial charge in [-0.05, 0) is 18.2 Å². The Morgan fingerprint density at radius 2 is 2.09 bits per heavy atom. The maximum absolute atomic E-state index is 12.3. The van der Waals surface area contributed by atoms with Crippen LogP contribution in [0.3, 0.4) is 0 Å². The van der Waals surface area contributed by atoms with E-state index in [9.17, 15) is 4.79 Å². The molecular formula is C16H13N5OS. The van der Waals surface area contributed by atoms with Gasteiger partial charge in [0.15, 0.2) is 5.82 Å². The lowest BCUT2D eigenvalue weighted by molar-refractivity contribution is -0.126. The first-order valence-corrected chi connectivity index (χ1v) is 8.18. The normalized spacial score (nSPS) is 17.7. The molecule has 1 fully saturated rings. The van der Waals surface area contributed by atoms with Crippen LogP contribution in [0.15, 0.2) is 55.1 Å². The molecule has 4 rings (SSSR count). The molecule has 1 aliphatic rings. The minimum absolute atomic E-state index is 0.0200. The van der Waals surface area contributed by atoms with E-state index in [4.69, 9.17) is 0 Å². The summed E-state index contributed by atoms with van der Waals surface area (Å²) in [5, 5.41) is 2.38. The molecule has 1 N–H and O–H groups in total. The van der Waals surface area contributed by atoms with Crippen LogP contribution in [0.5, 0.6) is 0 Å². The number of carbonyl (C=O) groups excluding carboxylic acids is 1. The second-order valence-corrected chi connectivity index (χ2v) is 6.13. The van der Waals surface area contributed by atoms with Gasteiger partial charge < -0.3 is 0 Å². The second kappa shape index (κ2) is 5.85. The lowest BCUT2D eigenvalue weighted by Crippen LogP contribution is -2.34. The van der Waals surface area contributed by atoms with Crippen LogP contribution >= 0.6 is 11.8 Å². The number of nitrogens with one attached hydrogen (secondary N) is 1. The number of benzene rings is 1. The molecule has 0 aliphatic carbocycles. The number of hydrogen-bond donors (Lipinski definition) is 1. The van der Waals surface area contributed by atoms with Crippen molar-refractivity contribution < 1.29 is 4.79 Å². The molecule has 1 aromatic carbocycles. The summed E-state index contributed by atoms with van der Waals surface area (Å²) in [7, 11) is 0. The van der Waals surface area contributed by atoms with E-state index >= 15 is 0 Å². The maximum Gasteiger partial charge on any atom is 0.252 e. The van der Waals surface area contributed by atoms with Gasteiger partial charge in [0.2, 0.25) is 0 Å². The van der Waals surface area contributed by atoms with Gasteiger partial charge in [0, 0.05) is 23.3 Å². The first kappa shape index (κ1) is 14.0. The van der Waals surface area contributed by atoms with Gasteiger partial charge in [0.05, 0.1) is 11.3 Å². The number of thioether (sulfide) groups is 1. The Kier molecular flexibility index (Phi) is 3.55. The summed E-state index contributed by atoms with van der Waals surface area (Å²) in [6, 6.07) is 11.5. The molecule has 1 atom stereocenters. The van der Waals surface area contributed by atoms with Gasteiger partial charge in [0.25, 0.3) is 5.91 Å². The largest absolute Gasteiger partial charge is 0.277 e. The van der Waals surface area contributed by atoms with E-state index in [2.05, 4.69) is 20.4 Å². The first-order valence-electron chi connectivity index (χ1n) is 7.13. The quantitative estimate of drug-likeness (QED) is 0.799. The van der Waals surface area contributed by atoms with Crippen molar-refractivity contribution in [1.29, 1.82) is 0 Å².